The Hall–Kier alpha value is -0.810. The Labute approximate surface area is 84.7 Å². The SMILES string of the molecule is COC(OC)C(C)NC(=O)OC(C)C. The van der Waals surface area contributed by atoms with Gasteiger partial charge in [0, 0.05) is 14.2 Å². The molecule has 0 heterocycles. The summed E-state index contributed by atoms with van der Waals surface area (Å²) in [6.07, 6.45) is -1.06. The number of hydrogen-bond acceptors (Lipinski definition) is 4. The minimum Gasteiger partial charge on any atom is -0.447 e. The van der Waals surface area contributed by atoms with Crippen molar-refractivity contribution in [1.82, 2.24) is 5.32 Å². The van der Waals surface area contributed by atoms with E-state index in [1.807, 2.05) is 0 Å². The molecule has 0 bridgehead atoms. The van der Waals surface area contributed by atoms with Gasteiger partial charge in [-0.05, 0) is 20.8 Å². The molecule has 1 atom stereocenters. The molecule has 0 aliphatic carbocycles. The highest BCUT2D eigenvalue weighted by Crippen LogP contribution is 1.99. The van der Waals surface area contributed by atoms with Gasteiger partial charge in [0.15, 0.2) is 6.29 Å². The van der Waals surface area contributed by atoms with Crippen molar-refractivity contribution in [2.75, 3.05) is 14.2 Å². The van der Waals surface area contributed by atoms with E-state index >= 15 is 0 Å². The van der Waals surface area contributed by atoms with Crippen LogP contribution in [0.3, 0.4) is 0 Å². The fraction of sp³-hybridized carbons (Fsp3) is 0.889. The van der Waals surface area contributed by atoms with Crippen molar-refractivity contribution in [2.45, 2.75) is 39.2 Å². The summed E-state index contributed by atoms with van der Waals surface area (Å²) < 4.78 is 14.8. The van der Waals surface area contributed by atoms with Gasteiger partial charge < -0.3 is 19.5 Å². The van der Waals surface area contributed by atoms with E-state index in [1.165, 1.54) is 14.2 Å². The van der Waals surface area contributed by atoms with E-state index in [4.69, 9.17) is 14.2 Å². The topological polar surface area (TPSA) is 56.8 Å². The second-order valence-corrected chi connectivity index (χ2v) is 3.23. The molecule has 1 amide bonds. The molecule has 0 aliphatic rings. The van der Waals surface area contributed by atoms with Crippen LogP contribution >= 0.6 is 0 Å². The summed E-state index contributed by atoms with van der Waals surface area (Å²) >= 11 is 0. The highest BCUT2D eigenvalue weighted by Gasteiger charge is 2.18. The van der Waals surface area contributed by atoms with Crippen LogP contribution in [0, 0.1) is 0 Å². The van der Waals surface area contributed by atoms with Crippen LogP contribution in [-0.2, 0) is 14.2 Å². The van der Waals surface area contributed by atoms with Crippen LogP contribution in [-0.4, -0.2) is 38.7 Å². The van der Waals surface area contributed by atoms with Gasteiger partial charge in [-0.2, -0.15) is 0 Å². The smallest absolute Gasteiger partial charge is 0.407 e. The van der Waals surface area contributed by atoms with E-state index < -0.39 is 12.4 Å². The third kappa shape index (κ3) is 5.04. The molecule has 0 aliphatic heterocycles. The second kappa shape index (κ2) is 6.62. The fourth-order valence-electron chi connectivity index (χ4n) is 1.01. The summed E-state index contributed by atoms with van der Waals surface area (Å²) in [5.74, 6) is 0. The summed E-state index contributed by atoms with van der Waals surface area (Å²) in [6, 6.07) is -0.253. The normalized spacial score (nSPS) is 13.1. The number of hydrogen-bond donors (Lipinski definition) is 1. The van der Waals surface area contributed by atoms with Crippen molar-refractivity contribution < 1.29 is 19.0 Å². The fourth-order valence-corrected chi connectivity index (χ4v) is 1.01. The predicted molar refractivity (Wildman–Crippen MR) is 52.0 cm³/mol. The minimum atomic E-state index is -0.466. The Bertz CT molecular complexity index is 168. The first-order valence-corrected chi connectivity index (χ1v) is 4.54. The number of amides is 1. The van der Waals surface area contributed by atoms with Crippen molar-refractivity contribution in [3.8, 4) is 0 Å². The van der Waals surface area contributed by atoms with Gasteiger partial charge in [0.05, 0.1) is 12.1 Å². The largest absolute Gasteiger partial charge is 0.447 e. The molecule has 0 aromatic carbocycles. The van der Waals surface area contributed by atoms with E-state index in [9.17, 15) is 4.79 Å². The number of methoxy groups -OCH3 is 2. The number of carbonyl (C=O) groups is 1. The number of alkyl carbamates (subject to hydrolysis) is 1. The number of ether oxygens (including phenoxy) is 3. The number of nitrogens with one attached hydrogen (secondary N) is 1. The molecule has 14 heavy (non-hydrogen) atoms. The third-order valence-electron chi connectivity index (χ3n) is 1.56. The standard InChI is InChI=1S/C9H19NO4/c1-6(2)14-9(11)10-7(3)8(12-4)13-5/h6-8H,1-5H3,(H,10,11). The highest BCUT2D eigenvalue weighted by molar-refractivity contribution is 5.67. The van der Waals surface area contributed by atoms with Crippen molar-refractivity contribution in [2.24, 2.45) is 0 Å². The van der Waals surface area contributed by atoms with E-state index in [0.29, 0.717) is 0 Å². The van der Waals surface area contributed by atoms with E-state index in [2.05, 4.69) is 5.32 Å². The predicted octanol–water partition coefficient (Wildman–Crippen LogP) is 1.13. The monoisotopic (exact) mass is 205 g/mol. The third-order valence-corrected chi connectivity index (χ3v) is 1.56. The van der Waals surface area contributed by atoms with Gasteiger partial charge in [0.25, 0.3) is 0 Å². The summed E-state index contributed by atoms with van der Waals surface area (Å²) in [4.78, 5) is 11.2. The minimum absolute atomic E-state index is 0.134. The van der Waals surface area contributed by atoms with E-state index in [1.54, 1.807) is 20.8 Å². The molecule has 0 rings (SSSR count). The summed E-state index contributed by atoms with van der Waals surface area (Å²) in [6.45, 7) is 5.35. The van der Waals surface area contributed by atoms with Crippen LogP contribution in [0.4, 0.5) is 4.79 Å². The molecule has 1 N–H and O–H groups in total. The Morgan fingerprint density at radius 2 is 1.64 bits per heavy atom. The maximum atomic E-state index is 11.2. The second-order valence-electron chi connectivity index (χ2n) is 3.23. The lowest BCUT2D eigenvalue weighted by atomic mass is 10.3. The van der Waals surface area contributed by atoms with Crippen LogP contribution in [0.15, 0.2) is 0 Å². The molecule has 0 saturated heterocycles. The van der Waals surface area contributed by atoms with Crippen molar-refractivity contribution in [3.63, 3.8) is 0 Å². The molecule has 84 valence electrons. The van der Waals surface area contributed by atoms with Gasteiger partial charge >= 0.3 is 6.09 Å². The van der Waals surface area contributed by atoms with Crippen molar-refractivity contribution >= 4 is 6.09 Å². The average molecular weight is 205 g/mol. The molecule has 5 nitrogen and oxygen atoms in total. The molecule has 5 heteroatoms. The summed E-state index contributed by atoms with van der Waals surface area (Å²) in [5, 5.41) is 2.60. The van der Waals surface area contributed by atoms with E-state index in [0.717, 1.165) is 0 Å². The average Bonchev–Trinajstić information content (AvgIpc) is 2.04. The summed E-state index contributed by atoms with van der Waals surface area (Å²) in [7, 11) is 3.03. The maximum absolute atomic E-state index is 11.2. The van der Waals surface area contributed by atoms with Gasteiger partial charge in [0.1, 0.15) is 0 Å². The summed E-state index contributed by atoms with van der Waals surface area (Å²) in [5.41, 5.74) is 0. The molecule has 0 fully saturated rings. The van der Waals surface area contributed by atoms with Gasteiger partial charge in [-0.1, -0.05) is 0 Å². The van der Waals surface area contributed by atoms with Crippen LogP contribution in [0.5, 0.6) is 0 Å². The lowest BCUT2D eigenvalue weighted by Crippen LogP contribution is -2.43. The van der Waals surface area contributed by atoms with Gasteiger partial charge in [0.2, 0.25) is 0 Å². The zero-order valence-corrected chi connectivity index (χ0v) is 9.37. The maximum Gasteiger partial charge on any atom is 0.407 e. The number of carbonyl (C=O) groups excluding carboxylic acids is 1. The van der Waals surface area contributed by atoms with Crippen LogP contribution in [0.1, 0.15) is 20.8 Å². The van der Waals surface area contributed by atoms with Crippen molar-refractivity contribution in [1.29, 1.82) is 0 Å². The lowest BCUT2D eigenvalue weighted by molar-refractivity contribution is -0.118. The zero-order valence-electron chi connectivity index (χ0n) is 9.37. The van der Waals surface area contributed by atoms with Crippen LogP contribution in [0.25, 0.3) is 0 Å². The van der Waals surface area contributed by atoms with E-state index in [-0.39, 0.29) is 12.1 Å². The van der Waals surface area contributed by atoms with Gasteiger partial charge in [-0.3, -0.25) is 0 Å². The molecular formula is C9H19NO4. The Morgan fingerprint density at radius 3 is 2.00 bits per heavy atom. The zero-order chi connectivity index (χ0) is 11.1. The molecule has 0 aromatic rings. The molecule has 0 radical (unpaired) electrons. The first kappa shape index (κ1) is 13.2. The molecule has 0 saturated carbocycles. The Kier molecular flexibility index (Phi) is 6.23. The number of rotatable bonds is 5. The Balaban J connectivity index is 3.91. The first-order valence-electron chi connectivity index (χ1n) is 4.54. The molecule has 0 spiro atoms. The molecular weight excluding hydrogens is 186 g/mol. The molecule has 0 aromatic heterocycles. The van der Waals surface area contributed by atoms with Gasteiger partial charge in [-0.25, -0.2) is 4.79 Å². The van der Waals surface area contributed by atoms with Crippen LogP contribution in [0.2, 0.25) is 0 Å². The molecule has 1 unspecified atom stereocenters. The lowest BCUT2D eigenvalue weighted by Gasteiger charge is -2.22. The highest BCUT2D eigenvalue weighted by atomic mass is 16.7. The van der Waals surface area contributed by atoms with Crippen molar-refractivity contribution in [3.05, 3.63) is 0 Å². The Morgan fingerprint density at radius 1 is 1.14 bits per heavy atom. The van der Waals surface area contributed by atoms with Gasteiger partial charge in [-0.15, -0.1) is 0 Å². The quantitative estimate of drug-likeness (QED) is 0.683. The first-order chi connectivity index (χ1) is 6.51. The van der Waals surface area contributed by atoms with Crippen LogP contribution < -0.4 is 5.32 Å².